The summed E-state index contributed by atoms with van der Waals surface area (Å²) in [5, 5.41) is 22.8. The molecule has 5 aliphatic carbocycles. The molecule has 11 atom stereocenters. The summed E-state index contributed by atoms with van der Waals surface area (Å²) in [6.45, 7) is 16.4. The molecular weight excluding hydrogens is 553 g/mol. The highest BCUT2D eigenvalue weighted by Crippen LogP contribution is 2.76. The lowest BCUT2D eigenvalue weighted by molar-refractivity contribution is -0.247. The molecule has 0 aromatic carbocycles. The minimum Gasteiger partial charge on any atom is -0.481 e. The molecule has 0 aromatic rings. The van der Waals surface area contributed by atoms with E-state index in [0.717, 1.165) is 38.5 Å². The molecular formula is C34H56O5S2. The van der Waals surface area contributed by atoms with Crippen LogP contribution in [0.25, 0.3) is 0 Å². The lowest BCUT2D eigenvalue weighted by Gasteiger charge is -2.72. The third-order valence-corrected chi connectivity index (χ3v) is 14.9. The van der Waals surface area contributed by atoms with Crippen molar-refractivity contribution in [1.29, 1.82) is 0 Å². The summed E-state index contributed by atoms with van der Waals surface area (Å²) in [6, 6.07) is 0. The normalized spacial score (nSPS) is 50.5. The van der Waals surface area contributed by atoms with Crippen LogP contribution in [0.15, 0.2) is 11.6 Å². The lowest BCUT2D eigenvalue weighted by Crippen LogP contribution is -2.69. The van der Waals surface area contributed by atoms with Crippen LogP contribution in [0.5, 0.6) is 0 Å². The van der Waals surface area contributed by atoms with Crippen molar-refractivity contribution in [2.75, 3.05) is 24.4 Å². The Labute approximate surface area is 257 Å². The molecule has 0 bridgehead atoms. The number of hydrogen-bond acceptors (Lipinski definition) is 6. The third kappa shape index (κ3) is 4.39. The van der Waals surface area contributed by atoms with Crippen LogP contribution in [0, 0.1) is 50.7 Å². The molecule has 0 aromatic heterocycles. The van der Waals surface area contributed by atoms with Crippen molar-refractivity contribution in [2.45, 2.75) is 118 Å². The molecule has 41 heavy (non-hydrogen) atoms. The summed E-state index contributed by atoms with van der Waals surface area (Å²) in [4.78, 5) is 13.0. The zero-order chi connectivity index (χ0) is 30.2. The van der Waals surface area contributed by atoms with Crippen LogP contribution in [-0.4, -0.2) is 58.4 Å². The van der Waals surface area contributed by atoms with E-state index in [2.05, 4.69) is 60.1 Å². The topological polar surface area (TPSA) is 76.0 Å². The third-order valence-electron chi connectivity index (χ3n) is 14.1. The molecule has 234 valence electrons. The molecule has 7 heteroatoms. The number of ether oxygens (including phenoxy) is 2. The zero-order valence-electron chi connectivity index (χ0n) is 27.0. The van der Waals surface area contributed by atoms with Crippen molar-refractivity contribution in [3.63, 3.8) is 0 Å². The lowest BCUT2D eigenvalue weighted by atomic mass is 9.33. The highest BCUT2D eigenvalue weighted by Gasteiger charge is 2.72. The number of carboxylic acid groups (broad SMARTS) is 1. The van der Waals surface area contributed by atoms with E-state index < -0.39 is 17.0 Å². The number of aliphatic hydroxyl groups is 1. The monoisotopic (exact) mass is 608 g/mol. The molecule has 0 spiro atoms. The van der Waals surface area contributed by atoms with Crippen molar-refractivity contribution in [1.82, 2.24) is 0 Å². The fourth-order valence-electron chi connectivity index (χ4n) is 11.7. The summed E-state index contributed by atoms with van der Waals surface area (Å²) in [5.41, 5.74) is -0.692. The van der Waals surface area contributed by atoms with Gasteiger partial charge in [-0.25, -0.2) is 0 Å². The van der Waals surface area contributed by atoms with E-state index >= 15 is 0 Å². The Morgan fingerprint density at radius 3 is 2.24 bits per heavy atom. The van der Waals surface area contributed by atoms with E-state index in [-0.39, 0.29) is 45.7 Å². The molecule has 5 nitrogen and oxygen atoms in total. The first-order chi connectivity index (χ1) is 19.1. The number of thioether (sulfide) groups is 2. The first-order valence-corrected chi connectivity index (χ1v) is 18.7. The Morgan fingerprint density at radius 1 is 0.951 bits per heavy atom. The van der Waals surface area contributed by atoms with Gasteiger partial charge in [0.2, 0.25) is 0 Å². The number of rotatable bonds is 7. The number of carboxylic acids is 1. The molecule has 0 saturated heterocycles. The van der Waals surface area contributed by atoms with Gasteiger partial charge in [-0.05, 0) is 110 Å². The maximum absolute atomic E-state index is 13.0. The smallest absolute Gasteiger partial charge is 0.310 e. The number of carbonyl (C=O) groups is 1. The quantitative estimate of drug-likeness (QED) is 0.225. The fourth-order valence-corrected chi connectivity index (χ4v) is 12.3. The van der Waals surface area contributed by atoms with E-state index in [1.54, 1.807) is 23.5 Å². The van der Waals surface area contributed by atoms with Gasteiger partial charge < -0.3 is 19.7 Å². The second-order valence-corrected chi connectivity index (χ2v) is 17.6. The van der Waals surface area contributed by atoms with Crippen LogP contribution in [0.3, 0.4) is 0 Å². The zero-order valence-corrected chi connectivity index (χ0v) is 28.7. The van der Waals surface area contributed by atoms with Gasteiger partial charge in [-0.3, -0.25) is 4.79 Å². The SMILES string of the molecule is CSCO[C@@H]1[C@H](OCSC)C[C@]2(C)[C@H]3CC=C4[C@H]5[C@](C(=O)O)(CC[C@@H](C)[C@@]5(C)O)CC[C@@]4(C)[C@]3(C)CC[C@H]2C1(C)C. The van der Waals surface area contributed by atoms with Crippen LogP contribution in [0.2, 0.25) is 0 Å². The highest BCUT2D eigenvalue weighted by atomic mass is 32.2. The second-order valence-electron chi connectivity index (χ2n) is 16.0. The first kappa shape index (κ1) is 32.2. The summed E-state index contributed by atoms with van der Waals surface area (Å²) in [5.74, 6) is 1.39. The van der Waals surface area contributed by atoms with E-state index in [0.29, 0.717) is 36.6 Å². The van der Waals surface area contributed by atoms with Crippen LogP contribution in [0.4, 0.5) is 0 Å². The van der Waals surface area contributed by atoms with Crippen molar-refractivity contribution in [3.8, 4) is 0 Å². The maximum atomic E-state index is 13.0. The van der Waals surface area contributed by atoms with Gasteiger partial charge in [-0.15, -0.1) is 23.5 Å². The van der Waals surface area contributed by atoms with Gasteiger partial charge in [0.25, 0.3) is 0 Å². The van der Waals surface area contributed by atoms with Crippen molar-refractivity contribution in [2.24, 2.45) is 50.7 Å². The van der Waals surface area contributed by atoms with Gasteiger partial charge in [0.05, 0.1) is 35.1 Å². The van der Waals surface area contributed by atoms with E-state index in [4.69, 9.17) is 9.47 Å². The highest BCUT2D eigenvalue weighted by molar-refractivity contribution is 7.98. The molecule has 0 unspecified atom stereocenters. The first-order valence-electron chi connectivity index (χ1n) is 16.0. The predicted octanol–water partition coefficient (Wildman–Crippen LogP) is 7.86. The van der Waals surface area contributed by atoms with Gasteiger partial charge in [0.15, 0.2) is 0 Å². The van der Waals surface area contributed by atoms with Gasteiger partial charge in [-0.1, -0.05) is 53.2 Å². The molecule has 4 fully saturated rings. The average Bonchev–Trinajstić information content (AvgIpc) is 2.89. The molecule has 4 saturated carbocycles. The van der Waals surface area contributed by atoms with Crippen LogP contribution in [0.1, 0.15) is 99.8 Å². The second kappa shape index (κ2) is 10.7. The van der Waals surface area contributed by atoms with Crippen molar-refractivity contribution >= 4 is 29.5 Å². The Balaban J connectivity index is 1.59. The fraction of sp³-hybridized carbons (Fsp3) is 0.912. The van der Waals surface area contributed by atoms with E-state index in [1.165, 1.54) is 5.57 Å². The Bertz CT molecular complexity index is 1060. The van der Waals surface area contributed by atoms with Crippen LogP contribution < -0.4 is 0 Å². The van der Waals surface area contributed by atoms with E-state index in [1.807, 2.05) is 6.92 Å². The van der Waals surface area contributed by atoms with Crippen molar-refractivity contribution < 1.29 is 24.5 Å². The van der Waals surface area contributed by atoms with Gasteiger partial charge in [-0.2, -0.15) is 0 Å². The number of aliphatic carboxylic acids is 1. The molecule has 0 aliphatic heterocycles. The van der Waals surface area contributed by atoms with E-state index in [9.17, 15) is 15.0 Å². The molecule has 5 aliphatic rings. The van der Waals surface area contributed by atoms with Crippen LogP contribution >= 0.6 is 23.5 Å². The molecule has 0 radical (unpaired) electrons. The van der Waals surface area contributed by atoms with Crippen LogP contribution in [-0.2, 0) is 14.3 Å². The van der Waals surface area contributed by atoms with Crippen molar-refractivity contribution in [3.05, 3.63) is 11.6 Å². The van der Waals surface area contributed by atoms with Gasteiger partial charge in [0.1, 0.15) is 0 Å². The molecule has 2 N–H and O–H groups in total. The Morgan fingerprint density at radius 2 is 1.61 bits per heavy atom. The summed E-state index contributed by atoms with van der Waals surface area (Å²) < 4.78 is 13.2. The summed E-state index contributed by atoms with van der Waals surface area (Å²) in [6.07, 6.45) is 14.0. The number of fused-ring (bicyclic) bond motifs is 7. The largest absolute Gasteiger partial charge is 0.481 e. The standard InChI is InChI=1S/C34H56O5S2/c1-21-12-15-34(28(35)36)17-16-31(5)22(26(34)33(21,7)37)10-11-25-30(4)18-23(38-19-40-8)27(39-20-41-9)29(2,3)24(30)13-14-32(25,31)6/h10,21,23-27,37H,11-20H2,1-9H3,(H,35,36)/t21-,23-,24+,25-,26-,27-,30+,31-,32-,33-,34+/m1/s1. The Hall–Kier alpha value is -0.210. The minimum atomic E-state index is -1.03. The maximum Gasteiger partial charge on any atom is 0.310 e. The number of allylic oxidation sites excluding steroid dienone is 1. The van der Waals surface area contributed by atoms with Gasteiger partial charge >= 0.3 is 5.97 Å². The summed E-state index contributed by atoms with van der Waals surface area (Å²) in [7, 11) is 0. The number of hydrogen-bond donors (Lipinski definition) is 2. The predicted molar refractivity (Wildman–Crippen MR) is 170 cm³/mol. The average molecular weight is 609 g/mol. The molecule has 0 heterocycles. The molecule has 0 amide bonds. The van der Waals surface area contributed by atoms with Gasteiger partial charge in [0, 0.05) is 5.92 Å². The Kier molecular flexibility index (Phi) is 8.40. The summed E-state index contributed by atoms with van der Waals surface area (Å²) >= 11 is 3.47. The molecule has 5 rings (SSSR count). The minimum absolute atomic E-state index is 0.0223.